The van der Waals surface area contributed by atoms with Crippen molar-refractivity contribution in [2.75, 3.05) is 5.32 Å². The van der Waals surface area contributed by atoms with Crippen LogP contribution in [0, 0.1) is 5.82 Å². The number of carbonyl (C=O) groups excluding carboxylic acids is 2. The van der Waals surface area contributed by atoms with Crippen LogP contribution in [0.1, 0.15) is 35.7 Å². The van der Waals surface area contributed by atoms with Crippen molar-refractivity contribution in [1.82, 2.24) is 4.90 Å². The molecule has 1 saturated carbocycles. The van der Waals surface area contributed by atoms with Crippen LogP contribution in [0.25, 0.3) is 0 Å². The van der Waals surface area contributed by atoms with E-state index in [9.17, 15) is 14.0 Å². The Morgan fingerprint density at radius 3 is 2.58 bits per heavy atom. The molecule has 0 heterocycles. The lowest BCUT2D eigenvalue weighted by Crippen LogP contribution is -2.33. The van der Waals surface area contributed by atoms with Crippen molar-refractivity contribution in [2.24, 2.45) is 0 Å². The van der Waals surface area contributed by atoms with Crippen molar-refractivity contribution in [2.45, 2.75) is 32.4 Å². The normalized spacial score (nSPS) is 13.4. The number of nitrogens with one attached hydrogen (secondary N) is 1. The highest BCUT2D eigenvalue weighted by Crippen LogP contribution is 2.30. The van der Waals surface area contributed by atoms with Crippen molar-refractivity contribution in [3.63, 3.8) is 0 Å². The molecule has 3 rings (SSSR count). The number of nitrogens with zero attached hydrogens (tertiary/aromatic N) is 1. The fourth-order valence-corrected chi connectivity index (χ4v) is 2.66. The predicted molar refractivity (Wildman–Crippen MR) is 90.0 cm³/mol. The predicted octanol–water partition coefficient (Wildman–Crippen LogP) is 3.59. The zero-order chi connectivity index (χ0) is 17.1. The number of benzene rings is 2. The van der Waals surface area contributed by atoms with Crippen LogP contribution in [0.3, 0.4) is 0 Å². The molecular weight excluding hydrogens is 307 g/mol. The van der Waals surface area contributed by atoms with Crippen molar-refractivity contribution in [3.05, 3.63) is 65.5 Å². The Balaban J connectivity index is 1.83. The monoisotopic (exact) mass is 326 g/mol. The second-order valence-corrected chi connectivity index (χ2v) is 6.02. The highest BCUT2D eigenvalue weighted by Gasteiger charge is 2.33. The van der Waals surface area contributed by atoms with E-state index in [4.69, 9.17) is 0 Å². The third kappa shape index (κ3) is 3.79. The van der Waals surface area contributed by atoms with E-state index in [0.29, 0.717) is 16.8 Å². The molecule has 1 aliphatic rings. The van der Waals surface area contributed by atoms with Gasteiger partial charge >= 0.3 is 0 Å². The Hall–Kier alpha value is -2.69. The summed E-state index contributed by atoms with van der Waals surface area (Å²) in [6.07, 6.45) is 1.87. The lowest BCUT2D eigenvalue weighted by Gasteiger charge is -2.23. The van der Waals surface area contributed by atoms with E-state index >= 15 is 0 Å². The second-order valence-electron chi connectivity index (χ2n) is 6.02. The van der Waals surface area contributed by atoms with Crippen LogP contribution in [0.2, 0.25) is 0 Å². The molecule has 2 amide bonds. The average molecular weight is 326 g/mol. The lowest BCUT2D eigenvalue weighted by atomic mass is 10.1. The topological polar surface area (TPSA) is 49.4 Å². The third-order valence-electron chi connectivity index (χ3n) is 3.98. The van der Waals surface area contributed by atoms with Gasteiger partial charge in [0.1, 0.15) is 5.82 Å². The zero-order valence-electron chi connectivity index (χ0n) is 13.5. The summed E-state index contributed by atoms with van der Waals surface area (Å²) in [5.74, 6) is -0.638. The van der Waals surface area contributed by atoms with E-state index in [1.807, 2.05) is 0 Å². The summed E-state index contributed by atoms with van der Waals surface area (Å²) < 4.78 is 13.9. The Kier molecular flexibility index (Phi) is 4.60. The van der Waals surface area contributed by atoms with Gasteiger partial charge in [0.2, 0.25) is 5.91 Å². The Morgan fingerprint density at radius 1 is 1.17 bits per heavy atom. The van der Waals surface area contributed by atoms with Gasteiger partial charge in [-0.25, -0.2) is 4.39 Å². The molecule has 0 bridgehead atoms. The molecule has 5 heteroatoms. The summed E-state index contributed by atoms with van der Waals surface area (Å²) in [5.41, 5.74) is 1.58. The van der Waals surface area contributed by atoms with Gasteiger partial charge in [0.25, 0.3) is 5.91 Å². The molecule has 0 aromatic heterocycles. The molecule has 0 radical (unpaired) electrons. The van der Waals surface area contributed by atoms with Gasteiger partial charge in [0.05, 0.1) is 0 Å². The summed E-state index contributed by atoms with van der Waals surface area (Å²) in [4.78, 5) is 25.8. The first-order valence-electron chi connectivity index (χ1n) is 7.96. The first-order chi connectivity index (χ1) is 11.5. The van der Waals surface area contributed by atoms with Gasteiger partial charge in [-0.1, -0.05) is 24.3 Å². The molecule has 1 aliphatic carbocycles. The minimum Gasteiger partial charge on any atom is -0.331 e. The van der Waals surface area contributed by atoms with Crippen LogP contribution in [0.5, 0.6) is 0 Å². The van der Waals surface area contributed by atoms with Crippen molar-refractivity contribution in [3.8, 4) is 0 Å². The molecule has 0 saturated heterocycles. The lowest BCUT2D eigenvalue weighted by molar-refractivity contribution is -0.114. The molecule has 124 valence electrons. The molecule has 4 nitrogen and oxygen atoms in total. The SMILES string of the molecule is CC(=O)Nc1cccc(C(=O)N(Cc2ccccc2F)C2CC2)c1. The summed E-state index contributed by atoms with van der Waals surface area (Å²) in [6, 6.07) is 13.5. The van der Waals surface area contributed by atoms with Crippen LogP contribution in [-0.2, 0) is 11.3 Å². The number of rotatable bonds is 5. The van der Waals surface area contributed by atoms with Gasteiger partial charge in [0.15, 0.2) is 0 Å². The van der Waals surface area contributed by atoms with Gasteiger partial charge in [-0.15, -0.1) is 0 Å². The Labute approximate surface area is 140 Å². The van der Waals surface area contributed by atoms with Crippen LogP contribution >= 0.6 is 0 Å². The van der Waals surface area contributed by atoms with Crippen LogP contribution in [0.15, 0.2) is 48.5 Å². The number of hydrogen-bond acceptors (Lipinski definition) is 2. The molecule has 1 N–H and O–H groups in total. The largest absolute Gasteiger partial charge is 0.331 e. The van der Waals surface area contributed by atoms with Crippen LogP contribution in [-0.4, -0.2) is 22.8 Å². The van der Waals surface area contributed by atoms with Gasteiger partial charge in [0, 0.05) is 36.3 Å². The number of amides is 2. The van der Waals surface area contributed by atoms with Crippen LogP contribution < -0.4 is 5.32 Å². The maximum absolute atomic E-state index is 13.9. The van der Waals surface area contributed by atoms with E-state index in [1.165, 1.54) is 13.0 Å². The average Bonchev–Trinajstić information content (AvgIpc) is 3.38. The quantitative estimate of drug-likeness (QED) is 0.913. The van der Waals surface area contributed by atoms with Gasteiger partial charge in [-0.2, -0.15) is 0 Å². The molecule has 0 aliphatic heterocycles. The van der Waals surface area contributed by atoms with E-state index in [2.05, 4.69) is 5.32 Å². The van der Waals surface area contributed by atoms with Crippen molar-refractivity contribution in [1.29, 1.82) is 0 Å². The van der Waals surface area contributed by atoms with E-state index in [0.717, 1.165) is 12.8 Å². The number of hydrogen-bond donors (Lipinski definition) is 1. The van der Waals surface area contributed by atoms with Crippen molar-refractivity contribution < 1.29 is 14.0 Å². The standard InChI is InChI=1S/C19H19FN2O2/c1-13(23)21-16-7-4-6-14(11-16)19(24)22(17-9-10-17)12-15-5-2-3-8-18(15)20/h2-8,11,17H,9-10,12H2,1H3,(H,21,23). The molecule has 1 fully saturated rings. The summed E-state index contributed by atoms with van der Waals surface area (Å²) >= 11 is 0. The fourth-order valence-electron chi connectivity index (χ4n) is 2.66. The molecule has 0 spiro atoms. The van der Waals surface area contributed by atoms with Crippen LogP contribution in [0.4, 0.5) is 10.1 Å². The van der Waals surface area contributed by atoms with E-state index in [-0.39, 0.29) is 30.2 Å². The Bertz CT molecular complexity index is 771. The molecule has 0 atom stereocenters. The molecule has 2 aromatic rings. The summed E-state index contributed by atoms with van der Waals surface area (Å²) in [5, 5.41) is 2.67. The maximum atomic E-state index is 13.9. The Morgan fingerprint density at radius 2 is 1.92 bits per heavy atom. The molecule has 2 aromatic carbocycles. The highest BCUT2D eigenvalue weighted by atomic mass is 19.1. The van der Waals surface area contributed by atoms with E-state index < -0.39 is 0 Å². The van der Waals surface area contributed by atoms with Gasteiger partial charge in [-0.05, 0) is 37.1 Å². The third-order valence-corrected chi connectivity index (χ3v) is 3.98. The minimum atomic E-state index is -0.303. The minimum absolute atomic E-state index is 0.145. The van der Waals surface area contributed by atoms with Crippen molar-refractivity contribution >= 4 is 17.5 Å². The summed E-state index contributed by atoms with van der Waals surface area (Å²) in [6.45, 7) is 1.67. The highest BCUT2D eigenvalue weighted by molar-refractivity contribution is 5.97. The fraction of sp³-hybridized carbons (Fsp3) is 0.263. The zero-order valence-corrected chi connectivity index (χ0v) is 13.5. The summed E-state index contributed by atoms with van der Waals surface area (Å²) in [7, 11) is 0. The van der Waals surface area contributed by atoms with Gasteiger partial charge in [-0.3, -0.25) is 9.59 Å². The number of anilines is 1. The molecule has 0 unspecified atom stereocenters. The smallest absolute Gasteiger partial charge is 0.254 e. The molecule has 24 heavy (non-hydrogen) atoms. The number of halogens is 1. The first kappa shape index (κ1) is 16.2. The second kappa shape index (κ2) is 6.83. The number of carbonyl (C=O) groups is 2. The molecular formula is C19H19FN2O2. The first-order valence-corrected chi connectivity index (χ1v) is 7.96. The van der Waals surface area contributed by atoms with E-state index in [1.54, 1.807) is 47.4 Å². The van der Waals surface area contributed by atoms with Gasteiger partial charge < -0.3 is 10.2 Å². The maximum Gasteiger partial charge on any atom is 0.254 e.